The van der Waals surface area contributed by atoms with E-state index in [-0.39, 0.29) is 0 Å². The lowest BCUT2D eigenvalue weighted by atomic mass is 10.2. The summed E-state index contributed by atoms with van der Waals surface area (Å²) in [6, 6.07) is 7.73. The molecule has 0 atom stereocenters. The minimum atomic E-state index is 0.452. The summed E-state index contributed by atoms with van der Waals surface area (Å²) in [7, 11) is 1.64. The third-order valence-electron chi connectivity index (χ3n) is 2.98. The number of hydrogen-bond acceptors (Lipinski definition) is 6. The first-order chi connectivity index (χ1) is 9.69. The van der Waals surface area contributed by atoms with E-state index < -0.39 is 0 Å². The summed E-state index contributed by atoms with van der Waals surface area (Å²) in [5, 5.41) is 13.5. The molecule has 2 aromatic heterocycles. The number of nitrogens with two attached hydrogens (primary N) is 1. The Labute approximate surface area is 119 Å². The van der Waals surface area contributed by atoms with Crippen LogP contribution in [0.25, 0.3) is 16.3 Å². The van der Waals surface area contributed by atoms with E-state index >= 15 is 0 Å². The van der Waals surface area contributed by atoms with Gasteiger partial charge in [0.15, 0.2) is 5.01 Å². The van der Waals surface area contributed by atoms with Crippen LogP contribution >= 0.6 is 11.3 Å². The Morgan fingerprint density at radius 3 is 2.85 bits per heavy atom. The fraction of sp³-hybridized carbons (Fsp3) is 0.154. The van der Waals surface area contributed by atoms with Crippen molar-refractivity contribution in [2.75, 3.05) is 12.8 Å². The predicted octanol–water partition coefficient (Wildman–Crippen LogP) is 2.29. The topological polar surface area (TPSA) is 78.8 Å². The van der Waals surface area contributed by atoms with Crippen LogP contribution in [0.15, 0.2) is 30.5 Å². The lowest BCUT2D eigenvalue weighted by Crippen LogP contribution is -1.99. The second kappa shape index (κ2) is 4.93. The van der Waals surface area contributed by atoms with Crippen LogP contribution in [0.4, 0.5) is 5.13 Å². The van der Waals surface area contributed by atoms with Gasteiger partial charge in [-0.2, -0.15) is 5.10 Å². The summed E-state index contributed by atoms with van der Waals surface area (Å²) in [6.45, 7) is 1.99. The van der Waals surface area contributed by atoms with Crippen LogP contribution in [-0.4, -0.2) is 27.1 Å². The van der Waals surface area contributed by atoms with E-state index in [0.29, 0.717) is 5.13 Å². The second-order valence-electron chi connectivity index (χ2n) is 4.20. The fourth-order valence-electron chi connectivity index (χ4n) is 1.97. The number of methoxy groups -OCH3 is 1. The van der Waals surface area contributed by atoms with Gasteiger partial charge in [0.1, 0.15) is 5.75 Å². The molecule has 0 saturated heterocycles. The van der Waals surface area contributed by atoms with E-state index in [0.717, 1.165) is 27.7 Å². The third kappa shape index (κ3) is 2.12. The summed E-state index contributed by atoms with van der Waals surface area (Å²) in [5.74, 6) is 0.791. The Morgan fingerprint density at radius 1 is 1.30 bits per heavy atom. The van der Waals surface area contributed by atoms with Crippen LogP contribution in [0.3, 0.4) is 0 Å². The van der Waals surface area contributed by atoms with E-state index in [4.69, 9.17) is 10.5 Å². The number of nitrogen functional groups attached to an aromatic ring is 1. The summed E-state index contributed by atoms with van der Waals surface area (Å²) in [4.78, 5) is 0. The van der Waals surface area contributed by atoms with Crippen LogP contribution in [0.1, 0.15) is 5.69 Å². The number of nitrogens with zero attached hydrogens (tertiary/aromatic N) is 4. The van der Waals surface area contributed by atoms with Gasteiger partial charge in [-0.05, 0) is 19.1 Å². The van der Waals surface area contributed by atoms with Crippen molar-refractivity contribution in [1.29, 1.82) is 0 Å². The highest BCUT2D eigenvalue weighted by Gasteiger charge is 2.14. The molecule has 0 fully saturated rings. The van der Waals surface area contributed by atoms with Gasteiger partial charge in [0.05, 0.1) is 30.3 Å². The first kappa shape index (κ1) is 12.6. The van der Waals surface area contributed by atoms with E-state index in [1.54, 1.807) is 13.3 Å². The molecule has 1 aromatic carbocycles. The van der Waals surface area contributed by atoms with Gasteiger partial charge in [0.2, 0.25) is 5.13 Å². The zero-order chi connectivity index (χ0) is 14.1. The average molecular weight is 287 g/mol. The molecule has 0 aliphatic carbocycles. The Hall–Kier alpha value is -2.41. The number of rotatable bonds is 3. The van der Waals surface area contributed by atoms with Crippen molar-refractivity contribution in [2.45, 2.75) is 6.92 Å². The molecule has 0 spiro atoms. The van der Waals surface area contributed by atoms with Crippen molar-refractivity contribution in [3.63, 3.8) is 0 Å². The van der Waals surface area contributed by atoms with Crippen LogP contribution in [0.2, 0.25) is 0 Å². The Balaban J connectivity index is 2.05. The first-order valence-electron chi connectivity index (χ1n) is 5.97. The van der Waals surface area contributed by atoms with Crippen molar-refractivity contribution in [3.05, 3.63) is 36.2 Å². The monoisotopic (exact) mass is 287 g/mol. The zero-order valence-electron chi connectivity index (χ0n) is 11.1. The second-order valence-corrected chi connectivity index (χ2v) is 5.21. The molecule has 2 N–H and O–H groups in total. The number of benzene rings is 1. The predicted molar refractivity (Wildman–Crippen MR) is 78.2 cm³/mol. The number of hydrogen-bond donors (Lipinski definition) is 1. The summed E-state index contributed by atoms with van der Waals surface area (Å²) in [5.41, 5.74) is 8.47. The fourth-order valence-corrected chi connectivity index (χ4v) is 2.64. The van der Waals surface area contributed by atoms with E-state index in [1.165, 1.54) is 11.3 Å². The van der Waals surface area contributed by atoms with Gasteiger partial charge < -0.3 is 10.5 Å². The van der Waals surface area contributed by atoms with Gasteiger partial charge in [-0.25, -0.2) is 4.68 Å². The number of anilines is 1. The highest BCUT2D eigenvalue weighted by atomic mass is 32.1. The van der Waals surface area contributed by atoms with Crippen molar-refractivity contribution in [3.8, 4) is 22.0 Å². The van der Waals surface area contributed by atoms with Gasteiger partial charge in [-0.1, -0.05) is 17.4 Å². The minimum Gasteiger partial charge on any atom is -0.497 e. The Kier molecular flexibility index (Phi) is 3.11. The van der Waals surface area contributed by atoms with Crippen molar-refractivity contribution >= 4 is 16.5 Å². The molecule has 0 bridgehead atoms. The zero-order valence-corrected chi connectivity index (χ0v) is 11.9. The quantitative estimate of drug-likeness (QED) is 0.799. The van der Waals surface area contributed by atoms with Gasteiger partial charge in [-0.15, -0.1) is 10.2 Å². The standard InChI is InChI=1S/C13H13N5OS/c1-8-11(12-16-17-13(14)20-12)7-15-18(8)9-4-3-5-10(6-9)19-2/h3-7H,1-2H3,(H2,14,17). The lowest BCUT2D eigenvalue weighted by Gasteiger charge is -2.06. The molecule has 2 heterocycles. The molecule has 7 heteroatoms. The third-order valence-corrected chi connectivity index (χ3v) is 3.76. The highest BCUT2D eigenvalue weighted by Crippen LogP contribution is 2.29. The van der Waals surface area contributed by atoms with Gasteiger partial charge in [0.25, 0.3) is 0 Å². The minimum absolute atomic E-state index is 0.452. The molecule has 20 heavy (non-hydrogen) atoms. The van der Waals surface area contributed by atoms with E-state index in [2.05, 4.69) is 15.3 Å². The molecular weight excluding hydrogens is 274 g/mol. The molecule has 3 aromatic rings. The van der Waals surface area contributed by atoms with Crippen LogP contribution in [0.5, 0.6) is 5.75 Å². The summed E-state index contributed by atoms with van der Waals surface area (Å²) >= 11 is 1.35. The average Bonchev–Trinajstić information content (AvgIpc) is 3.05. The maximum absolute atomic E-state index is 5.62. The smallest absolute Gasteiger partial charge is 0.203 e. The Morgan fingerprint density at radius 2 is 2.15 bits per heavy atom. The maximum Gasteiger partial charge on any atom is 0.203 e. The van der Waals surface area contributed by atoms with E-state index in [9.17, 15) is 0 Å². The lowest BCUT2D eigenvalue weighted by molar-refractivity contribution is 0.414. The normalized spacial score (nSPS) is 10.7. The van der Waals surface area contributed by atoms with Gasteiger partial charge in [-0.3, -0.25) is 0 Å². The summed E-state index contributed by atoms with van der Waals surface area (Å²) in [6.07, 6.45) is 1.77. The number of ether oxygens (including phenoxy) is 1. The van der Waals surface area contributed by atoms with Crippen molar-refractivity contribution < 1.29 is 4.74 Å². The SMILES string of the molecule is COc1cccc(-n2ncc(-c3nnc(N)s3)c2C)c1. The van der Waals surface area contributed by atoms with Gasteiger partial charge >= 0.3 is 0 Å². The molecular formula is C13H13N5OS. The van der Waals surface area contributed by atoms with Crippen molar-refractivity contribution in [1.82, 2.24) is 20.0 Å². The van der Waals surface area contributed by atoms with Crippen LogP contribution in [0, 0.1) is 6.92 Å². The molecule has 0 aliphatic rings. The molecule has 3 rings (SSSR count). The largest absolute Gasteiger partial charge is 0.497 e. The molecule has 0 radical (unpaired) electrons. The molecule has 6 nitrogen and oxygen atoms in total. The highest BCUT2D eigenvalue weighted by molar-refractivity contribution is 7.18. The van der Waals surface area contributed by atoms with Crippen molar-refractivity contribution in [2.24, 2.45) is 0 Å². The van der Waals surface area contributed by atoms with Gasteiger partial charge in [0, 0.05) is 6.07 Å². The molecule has 102 valence electrons. The molecule has 0 aliphatic heterocycles. The maximum atomic E-state index is 5.62. The number of aromatic nitrogens is 4. The Bertz CT molecular complexity index is 749. The molecule has 0 amide bonds. The molecule has 0 saturated carbocycles. The summed E-state index contributed by atoms with van der Waals surface area (Å²) < 4.78 is 7.08. The molecule has 0 unspecified atom stereocenters. The van der Waals surface area contributed by atoms with Crippen LogP contribution in [-0.2, 0) is 0 Å². The van der Waals surface area contributed by atoms with E-state index in [1.807, 2.05) is 35.9 Å². The first-order valence-corrected chi connectivity index (χ1v) is 6.79. The van der Waals surface area contributed by atoms with Crippen LogP contribution < -0.4 is 10.5 Å².